The quantitative estimate of drug-likeness (QED) is 0.597. The summed E-state index contributed by atoms with van der Waals surface area (Å²) in [6, 6.07) is -0.309. The molecular formula is C13H26N2O4. The van der Waals surface area contributed by atoms with Crippen molar-refractivity contribution in [3.05, 3.63) is 0 Å². The number of nitrogens with one attached hydrogen (secondary N) is 2. The van der Waals surface area contributed by atoms with E-state index in [9.17, 15) is 9.59 Å². The van der Waals surface area contributed by atoms with Gasteiger partial charge in [0.05, 0.1) is 12.6 Å². The van der Waals surface area contributed by atoms with Crippen molar-refractivity contribution in [1.29, 1.82) is 0 Å². The molecule has 0 rings (SSSR count). The first-order chi connectivity index (χ1) is 8.80. The molecular weight excluding hydrogens is 248 g/mol. The number of carboxylic acids is 1. The summed E-state index contributed by atoms with van der Waals surface area (Å²) < 4.78 is 5.05. The summed E-state index contributed by atoms with van der Waals surface area (Å²) in [4.78, 5) is 22.4. The van der Waals surface area contributed by atoms with E-state index in [1.807, 2.05) is 6.92 Å². The zero-order valence-corrected chi connectivity index (χ0v) is 12.3. The smallest absolute Gasteiger partial charge is 0.315 e. The molecule has 0 fully saturated rings. The highest BCUT2D eigenvalue weighted by molar-refractivity contribution is 5.75. The highest BCUT2D eigenvalue weighted by atomic mass is 16.5. The van der Waals surface area contributed by atoms with Gasteiger partial charge in [-0.15, -0.1) is 0 Å². The van der Waals surface area contributed by atoms with Crippen molar-refractivity contribution in [1.82, 2.24) is 10.6 Å². The van der Waals surface area contributed by atoms with Crippen LogP contribution < -0.4 is 10.6 Å². The first kappa shape index (κ1) is 17.7. The van der Waals surface area contributed by atoms with E-state index in [2.05, 4.69) is 10.6 Å². The average molecular weight is 274 g/mol. The molecule has 0 heterocycles. The molecule has 3 N–H and O–H groups in total. The number of carboxylic acid groups (broad SMARTS) is 1. The molecule has 6 heteroatoms. The molecule has 0 aliphatic carbocycles. The molecule has 0 radical (unpaired) electrons. The summed E-state index contributed by atoms with van der Waals surface area (Å²) in [7, 11) is 1.60. The van der Waals surface area contributed by atoms with Gasteiger partial charge in [-0.25, -0.2) is 4.79 Å². The number of hydrogen-bond donors (Lipinski definition) is 3. The van der Waals surface area contributed by atoms with Crippen molar-refractivity contribution in [3.8, 4) is 0 Å². The number of methoxy groups -OCH3 is 1. The van der Waals surface area contributed by atoms with Crippen LogP contribution in [0.5, 0.6) is 0 Å². The predicted molar refractivity (Wildman–Crippen MR) is 73.2 cm³/mol. The van der Waals surface area contributed by atoms with Gasteiger partial charge in [-0.05, 0) is 26.7 Å². The van der Waals surface area contributed by atoms with E-state index in [1.54, 1.807) is 21.0 Å². The summed E-state index contributed by atoms with van der Waals surface area (Å²) in [6.07, 6.45) is 2.22. The maximum absolute atomic E-state index is 11.8. The topological polar surface area (TPSA) is 87.7 Å². The largest absolute Gasteiger partial charge is 0.481 e. The molecule has 0 spiro atoms. The normalized spacial score (nSPS) is 12.8. The van der Waals surface area contributed by atoms with Crippen LogP contribution in [0.3, 0.4) is 0 Å². The standard InChI is InChI=1S/C13H26N2O4/c1-5-6-10(9-19-4)14-12(18)15-13(2,3)8-7-11(16)17/h10H,5-9H2,1-4H3,(H,16,17)(H2,14,15,18). The lowest BCUT2D eigenvalue weighted by Gasteiger charge is -2.27. The second kappa shape index (κ2) is 8.74. The van der Waals surface area contributed by atoms with Gasteiger partial charge in [-0.3, -0.25) is 4.79 Å². The fourth-order valence-corrected chi connectivity index (χ4v) is 1.76. The van der Waals surface area contributed by atoms with Crippen LogP contribution >= 0.6 is 0 Å². The number of urea groups is 1. The molecule has 6 nitrogen and oxygen atoms in total. The van der Waals surface area contributed by atoms with Crippen LogP contribution in [-0.4, -0.2) is 42.4 Å². The van der Waals surface area contributed by atoms with E-state index in [0.717, 1.165) is 12.8 Å². The molecule has 0 aromatic rings. The number of carbonyl (C=O) groups is 2. The van der Waals surface area contributed by atoms with Gasteiger partial charge in [0.25, 0.3) is 0 Å². The molecule has 0 saturated heterocycles. The van der Waals surface area contributed by atoms with E-state index < -0.39 is 11.5 Å². The van der Waals surface area contributed by atoms with Gasteiger partial charge >= 0.3 is 12.0 Å². The van der Waals surface area contributed by atoms with Gasteiger partial charge in [0.1, 0.15) is 0 Å². The van der Waals surface area contributed by atoms with Crippen molar-refractivity contribution in [2.75, 3.05) is 13.7 Å². The Hall–Kier alpha value is -1.30. The van der Waals surface area contributed by atoms with Gasteiger partial charge in [0, 0.05) is 19.1 Å². The van der Waals surface area contributed by atoms with E-state index >= 15 is 0 Å². The third-order valence-corrected chi connectivity index (χ3v) is 2.76. The molecule has 0 aliphatic rings. The van der Waals surface area contributed by atoms with E-state index in [-0.39, 0.29) is 18.5 Å². The molecule has 2 amide bonds. The van der Waals surface area contributed by atoms with Crippen molar-refractivity contribution in [3.63, 3.8) is 0 Å². The highest BCUT2D eigenvalue weighted by Gasteiger charge is 2.22. The fourth-order valence-electron chi connectivity index (χ4n) is 1.76. The maximum Gasteiger partial charge on any atom is 0.315 e. The molecule has 0 aromatic carbocycles. The first-order valence-electron chi connectivity index (χ1n) is 6.60. The Bertz CT molecular complexity index is 286. The summed E-state index contributed by atoms with van der Waals surface area (Å²) in [6.45, 7) is 6.12. The molecule has 0 aliphatic heterocycles. The Labute approximate surface area is 114 Å². The Morgan fingerprint density at radius 1 is 1.37 bits per heavy atom. The Kier molecular flexibility index (Phi) is 8.14. The summed E-state index contributed by atoms with van der Waals surface area (Å²) in [5.41, 5.74) is -0.549. The summed E-state index contributed by atoms with van der Waals surface area (Å²) in [5.74, 6) is -0.862. The van der Waals surface area contributed by atoms with E-state index in [1.165, 1.54) is 0 Å². The second-order valence-electron chi connectivity index (χ2n) is 5.32. The number of hydrogen-bond acceptors (Lipinski definition) is 3. The number of aliphatic carboxylic acids is 1. The van der Waals surface area contributed by atoms with Crippen molar-refractivity contribution >= 4 is 12.0 Å². The van der Waals surface area contributed by atoms with Crippen LogP contribution in [-0.2, 0) is 9.53 Å². The van der Waals surface area contributed by atoms with Crippen LogP contribution in [0.2, 0.25) is 0 Å². The highest BCUT2D eigenvalue weighted by Crippen LogP contribution is 2.11. The first-order valence-corrected chi connectivity index (χ1v) is 6.60. The third-order valence-electron chi connectivity index (χ3n) is 2.76. The lowest BCUT2D eigenvalue weighted by molar-refractivity contribution is -0.137. The Morgan fingerprint density at radius 3 is 2.47 bits per heavy atom. The number of carbonyl (C=O) groups excluding carboxylic acids is 1. The third kappa shape index (κ3) is 9.30. The van der Waals surface area contributed by atoms with Crippen LogP contribution in [0, 0.1) is 0 Å². The van der Waals surface area contributed by atoms with Crippen LogP contribution in [0.4, 0.5) is 4.79 Å². The van der Waals surface area contributed by atoms with Crippen molar-refractivity contribution in [2.24, 2.45) is 0 Å². The molecule has 19 heavy (non-hydrogen) atoms. The Morgan fingerprint density at radius 2 is 2.00 bits per heavy atom. The SMILES string of the molecule is CCCC(COC)NC(=O)NC(C)(C)CCC(=O)O. The monoisotopic (exact) mass is 274 g/mol. The minimum atomic E-state index is -0.862. The minimum absolute atomic E-state index is 0.0229. The van der Waals surface area contributed by atoms with Crippen molar-refractivity contribution in [2.45, 2.75) is 58.0 Å². The van der Waals surface area contributed by atoms with E-state index in [0.29, 0.717) is 13.0 Å². The van der Waals surface area contributed by atoms with Gasteiger partial charge in [0.15, 0.2) is 0 Å². The molecule has 112 valence electrons. The lowest BCUT2D eigenvalue weighted by atomic mass is 9.99. The van der Waals surface area contributed by atoms with Crippen molar-refractivity contribution < 1.29 is 19.4 Å². The number of rotatable bonds is 9. The van der Waals surface area contributed by atoms with Gasteiger partial charge in [-0.2, -0.15) is 0 Å². The maximum atomic E-state index is 11.8. The van der Waals surface area contributed by atoms with Crippen LogP contribution in [0.1, 0.15) is 46.5 Å². The zero-order chi connectivity index (χ0) is 14.9. The average Bonchev–Trinajstić information content (AvgIpc) is 2.26. The molecule has 0 bridgehead atoms. The lowest BCUT2D eigenvalue weighted by Crippen LogP contribution is -2.52. The Balaban J connectivity index is 4.21. The fraction of sp³-hybridized carbons (Fsp3) is 0.846. The minimum Gasteiger partial charge on any atom is -0.481 e. The predicted octanol–water partition coefficient (Wildman–Crippen LogP) is 1.74. The molecule has 0 aromatic heterocycles. The zero-order valence-electron chi connectivity index (χ0n) is 12.3. The van der Waals surface area contributed by atoms with Crippen LogP contribution in [0.25, 0.3) is 0 Å². The number of amides is 2. The molecule has 0 saturated carbocycles. The van der Waals surface area contributed by atoms with Gasteiger partial charge in [-0.1, -0.05) is 13.3 Å². The number of ether oxygens (including phenoxy) is 1. The van der Waals surface area contributed by atoms with Crippen LogP contribution in [0.15, 0.2) is 0 Å². The summed E-state index contributed by atoms with van der Waals surface area (Å²) >= 11 is 0. The van der Waals surface area contributed by atoms with E-state index in [4.69, 9.17) is 9.84 Å². The molecule has 1 atom stereocenters. The second-order valence-corrected chi connectivity index (χ2v) is 5.32. The molecule has 1 unspecified atom stereocenters. The summed E-state index contributed by atoms with van der Waals surface area (Å²) in [5, 5.41) is 14.3. The van der Waals surface area contributed by atoms with Gasteiger partial charge < -0.3 is 20.5 Å². The van der Waals surface area contributed by atoms with Gasteiger partial charge in [0.2, 0.25) is 0 Å².